The lowest BCUT2D eigenvalue weighted by atomic mass is 10.1. The van der Waals surface area contributed by atoms with Crippen LogP contribution in [0.1, 0.15) is 41.0 Å². The molecule has 1 aliphatic heterocycles. The standard InChI is InChI=1S/C24H24N2O4/c1-15-23(19-10-6-7-11-20(19)25-15)21(27)14-30-24(29)18-12-22(28)26(13-18)16(2)17-8-4-3-5-9-17/h3-11,16,18,25H,12-14H2,1-2H3/t16-,18+/m0/s1. The van der Waals surface area contributed by atoms with Crippen molar-refractivity contribution in [1.29, 1.82) is 0 Å². The van der Waals surface area contributed by atoms with E-state index in [-0.39, 0.29) is 30.8 Å². The molecule has 1 saturated heterocycles. The average Bonchev–Trinajstić information content (AvgIpc) is 3.31. The molecule has 0 saturated carbocycles. The van der Waals surface area contributed by atoms with Gasteiger partial charge in [0.05, 0.1) is 12.0 Å². The molecule has 1 aromatic heterocycles. The number of rotatable bonds is 6. The van der Waals surface area contributed by atoms with Gasteiger partial charge < -0.3 is 14.6 Å². The summed E-state index contributed by atoms with van der Waals surface area (Å²) in [5, 5.41) is 0.815. The van der Waals surface area contributed by atoms with E-state index < -0.39 is 11.9 Å². The Morgan fingerprint density at radius 1 is 1.13 bits per heavy atom. The number of nitrogens with zero attached hydrogens (tertiary/aromatic N) is 1. The van der Waals surface area contributed by atoms with Crippen LogP contribution in [0.15, 0.2) is 54.6 Å². The second-order valence-corrected chi connectivity index (χ2v) is 7.74. The number of ether oxygens (including phenoxy) is 1. The van der Waals surface area contributed by atoms with Crippen LogP contribution in [0.2, 0.25) is 0 Å². The zero-order valence-electron chi connectivity index (χ0n) is 17.1. The van der Waals surface area contributed by atoms with Crippen molar-refractivity contribution < 1.29 is 19.1 Å². The van der Waals surface area contributed by atoms with E-state index in [2.05, 4.69) is 4.98 Å². The number of fused-ring (bicyclic) bond motifs is 1. The molecule has 30 heavy (non-hydrogen) atoms. The molecule has 6 heteroatoms. The van der Waals surface area contributed by atoms with Gasteiger partial charge in [0.1, 0.15) is 0 Å². The Balaban J connectivity index is 1.39. The Bertz CT molecular complexity index is 1100. The summed E-state index contributed by atoms with van der Waals surface area (Å²) >= 11 is 0. The second-order valence-electron chi connectivity index (χ2n) is 7.74. The number of aromatic nitrogens is 1. The maximum absolute atomic E-state index is 12.7. The lowest BCUT2D eigenvalue weighted by Crippen LogP contribution is -2.30. The third-order valence-electron chi connectivity index (χ3n) is 5.76. The van der Waals surface area contributed by atoms with E-state index in [1.165, 1.54) is 0 Å². The number of Topliss-reactive ketones (excluding diaryl/α,β-unsaturated/α-hetero) is 1. The van der Waals surface area contributed by atoms with Crippen LogP contribution in [0.25, 0.3) is 10.9 Å². The number of H-pyrrole nitrogens is 1. The smallest absolute Gasteiger partial charge is 0.311 e. The van der Waals surface area contributed by atoms with Gasteiger partial charge >= 0.3 is 5.97 Å². The zero-order valence-corrected chi connectivity index (χ0v) is 17.1. The van der Waals surface area contributed by atoms with E-state index in [9.17, 15) is 14.4 Å². The van der Waals surface area contributed by atoms with Gasteiger partial charge in [0, 0.05) is 35.1 Å². The number of benzene rings is 2. The molecule has 1 amide bonds. The van der Waals surface area contributed by atoms with Crippen molar-refractivity contribution in [2.24, 2.45) is 5.92 Å². The summed E-state index contributed by atoms with van der Waals surface area (Å²) in [5.74, 6) is -1.39. The summed E-state index contributed by atoms with van der Waals surface area (Å²) in [6.45, 7) is 3.74. The first-order chi connectivity index (χ1) is 14.5. The number of aryl methyl sites for hydroxylation is 1. The molecule has 0 radical (unpaired) electrons. The number of carbonyl (C=O) groups is 3. The Labute approximate surface area is 174 Å². The highest BCUT2D eigenvalue weighted by Gasteiger charge is 2.38. The number of aromatic amines is 1. The third kappa shape index (κ3) is 3.73. The van der Waals surface area contributed by atoms with E-state index in [4.69, 9.17) is 4.74 Å². The van der Waals surface area contributed by atoms with Crippen molar-refractivity contribution in [2.75, 3.05) is 13.2 Å². The number of esters is 1. The highest BCUT2D eigenvalue weighted by Crippen LogP contribution is 2.29. The Hall–Kier alpha value is -3.41. The van der Waals surface area contributed by atoms with E-state index >= 15 is 0 Å². The summed E-state index contributed by atoms with van der Waals surface area (Å²) < 4.78 is 5.32. The van der Waals surface area contributed by atoms with E-state index in [1.54, 1.807) is 4.90 Å². The SMILES string of the molecule is Cc1[nH]c2ccccc2c1C(=O)COC(=O)[C@@H]1CC(=O)N([C@@H](C)c2ccccc2)C1. The average molecular weight is 404 g/mol. The zero-order chi connectivity index (χ0) is 21.3. The normalized spacial score (nSPS) is 17.3. The fourth-order valence-electron chi connectivity index (χ4n) is 4.14. The highest BCUT2D eigenvalue weighted by molar-refractivity contribution is 6.10. The van der Waals surface area contributed by atoms with Gasteiger partial charge in [-0.25, -0.2) is 0 Å². The van der Waals surface area contributed by atoms with Crippen LogP contribution in [0, 0.1) is 12.8 Å². The number of amides is 1. The molecule has 0 unspecified atom stereocenters. The van der Waals surface area contributed by atoms with Gasteiger partial charge in [0.2, 0.25) is 11.7 Å². The fraction of sp³-hybridized carbons (Fsp3) is 0.292. The molecule has 1 N–H and O–H groups in total. The van der Waals surface area contributed by atoms with Crippen molar-refractivity contribution in [3.8, 4) is 0 Å². The molecule has 0 aliphatic carbocycles. The molecule has 6 nitrogen and oxygen atoms in total. The van der Waals surface area contributed by atoms with Gasteiger partial charge in [-0.05, 0) is 25.5 Å². The number of para-hydroxylation sites is 1. The molecular formula is C24H24N2O4. The molecule has 3 aromatic rings. The van der Waals surface area contributed by atoms with E-state index in [0.29, 0.717) is 12.1 Å². The maximum Gasteiger partial charge on any atom is 0.311 e. The fourth-order valence-corrected chi connectivity index (χ4v) is 4.14. The van der Waals surface area contributed by atoms with Crippen LogP contribution in [-0.4, -0.2) is 40.7 Å². The van der Waals surface area contributed by atoms with Crippen molar-refractivity contribution >= 4 is 28.6 Å². The third-order valence-corrected chi connectivity index (χ3v) is 5.76. The molecule has 1 aliphatic rings. The van der Waals surface area contributed by atoms with Crippen LogP contribution in [0.3, 0.4) is 0 Å². The van der Waals surface area contributed by atoms with Crippen LogP contribution >= 0.6 is 0 Å². The van der Waals surface area contributed by atoms with E-state index in [1.807, 2.05) is 68.4 Å². The molecular weight excluding hydrogens is 380 g/mol. The van der Waals surface area contributed by atoms with E-state index in [0.717, 1.165) is 22.2 Å². The van der Waals surface area contributed by atoms with Crippen molar-refractivity contribution in [3.05, 3.63) is 71.4 Å². The molecule has 1 fully saturated rings. The quantitative estimate of drug-likeness (QED) is 0.500. The van der Waals surface area contributed by atoms with Crippen LogP contribution in [-0.2, 0) is 14.3 Å². The highest BCUT2D eigenvalue weighted by atomic mass is 16.5. The van der Waals surface area contributed by atoms with Crippen molar-refractivity contribution in [2.45, 2.75) is 26.3 Å². The number of hydrogen-bond donors (Lipinski definition) is 1. The summed E-state index contributed by atoms with van der Waals surface area (Å²) in [5.41, 5.74) is 3.18. The van der Waals surface area contributed by atoms with Gasteiger partial charge in [-0.3, -0.25) is 14.4 Å². The molecule has 2 aromatic carbocycles. The summed E-state index contributed by atoms with van der Waals surface area (Å²) in [4.78, 5) is 42.6. The lowest BCUT2D eigenvalue weighted by Gasteiger charge is -2.25. The van der Waals surface area contributed by atoms with Gasteiger partial charge in [0.25, 0.3) is 0 Å². The van der Waals surface area contributed by atoms with Gasteiger partial charge in [-0.1, -0.05) is 48.5 Å². The first kappa shape index (κ1) is 19.9. The molecule has 4 rings (SSSR count). The maximum atomic E-state index is 12.7. The molecule has 0 bridgehead atoms. The van der Waals surface area contributed by atoms with Crippen LogP contribution in [0.4, 0.5) is 0 Å². The second kappa shape index (κ2) is 8.14. The monoisotopic (exact) mass is 404 g/mol. The van der Waals surface area contributed by atoms with Crippen LogP contribution in [0.5, 0.6) is 0 Å². The Kier molecular flexibility index (Phi) is 5.40. The predicted octanol–water partition coefficient (Wildman–Crippen LogP) is 3.81. The minimum absolute atomic E-state index is 0.0768. The van der Waals surface area contributed by atoms with Gasteiger partial charge in [-0.15, -0.1) is 0 Å². The number of ketones is 1. The Morgan fingerprint density at radius 2 is 1.83 bits per heavy atom. The largest absolute Gasteiger partial charge is 0.457 e. The minimum Gasteiger partial charge on any atom is -0.457 e. The number of nitrogens with one attached hydrogen (secondary N) is 1. The molecule has 154 valence electrons. The summed E-state index contributed by atoms with van der Waals surface area (Å²) in [6.07, 6.45) is 0.107. The first-order valence-corrected chi connectivity index (χ1v) is 10.1. The number of likely N-dealkylation sites (tertiary alicyclic amines) is 1. The van der Waals surface area contributed by atoms with Gasteiger partial charge in [-0.2, -0.15) is 0 Å². The molecule has 2 heterocycles. The number of hydrogen-bond acceptors (Lipinski definition) is 4. The topological polar surface area (TPSA) is 79.5 Å². The minimum atomic E-state index is -0.555. The number of carbonyl (C=O) groups excluding carboxylic acids is 3. The molecule has 0 spiro atoms. The van der Waals surface area contributed by atoms with Crippen molar-refractivity contribution in [3.63, 3.8) is 0 Å². The predicted molar refractivity (Wildman–Crippen MR) is 113 cm³/mol. The summed E-state index contributed by atoms with van der Waals surface area (Å²) in [6, 6.07) is 17.1. The lowest BCUT2D eigenvalue weighted by molar-refractivity contribution is -0.147. The Morgan fingerprint density at radius 3 is 2.60 bits per heavy atom. The van der Waals surface area contributed by atoms with Gasteiger partial charge in [0.15, 0.2) is 6.61 Å². The molecule has 2 atom stereocenters. The first-order valence-electron chi connectivity index (χ1n) is 10.1. The summed E-state index contributed by atoms with van der Waals surface area (Å²) in [7, 11) is 0. The van der Waals surface area contributed by atoms with Crippen molar-refractivity contribution in [1.82, 2.24) is 9.88 Å². The van der Waals surface area contributed by atoms with Crippen LogP contribution < -0.4 is 0 Å².